The number of hydrogen-bond acceptors (Lipinski definition) is 2. The van der Waals surface area contributed by atoms with Crippen LogP contribution in [0.25, 0.3) is 0 Å². The van der Waals surface area contributed by atoms with Gasteiger partial charge < -0.3 is 0 Å². The van der Waals surface area contributed by atoms with Gasteiger partial charge in [-0.3, -0.25) is 4.90 Å². The number of piperidine rings is 1. The molecule has 2 atom stereocenters. The van der Waals surface area contributed by atoms with Gasteiger partial charge in [-0.1, -0.05) is 35.3 Å². The minimum Gasteiger partial charge on any atom is -0.296 e. The normalized spacial score (nSPS) is 20.8. The number of benzene rings is 1. The van der Waals surface area contributed by atoms with Gasteiger partial charge in [0.15, 0.2) is 5.82 Å². The maximum atomic E-state index is 14.6. The maximum absolute atomic E-state index is 14.6. The van der Waals surface area contributed by atoms with Gasteiger partial charge in [-0.2, -0.15) is 0 Å². The molecule has 0 amide bonds. The van der Waals surface area contributed by atoms with Crippen LogP contribution in [0.2, 0.25) is 10.2 Å². The molecule has 0 N–H and O–H groups in total. The minimum absolute atomic E-state index is 0.0273. The van der Waals surface area contributed by atoms with Gasteiger partial charge in [-0.05, 0) is 50.8 Å². The molecular formula is C21H22Cl2F4N2. The van der Waals surface area contributed by atoms with E-state index in [1.165, 1.54) is 6.07 Å². The van der Waals surface area contributed by atoms with Crippen LogP contribution in [0.5, 0.6) is 0 Å². The highest BCUT2D eigenvalue weighted by Crippen LogP contribution is 2.34. The molecule has 0 spiro atoms. The topological polar surface area (TPSA) is 16.1 Å². The Morgan fingerprint density at radius 1 is 1.21 bits per heavy atom. The van der Waals surface area contributed by atoms with Crippen LogP contribution < -0.4 is 0 Å². The van der Waals surface area contributed by atoms with Crippen LogP contribution >= 0.6 is 23.2 Å². The van der Waals surface area contributed by atoms with Gasteiger partial charge >= 0.3 is 0 Å². The van der Waals surface area contributed by atoms with E-state index >= 15 is 0 Å². The number of likely N-dealkylation sites (tertiary alicyclic amines) is 1. The fourth-order valence-electron chi connectivity index (χ4n) is 3.90. The van der Waals surface area contributed by atoms with Gasteiger partial charge in [0.25, 0.3) is 5.92 Å². The van der Waals surface area contributed by atoms with Crippen LogP contribution in [0.4, 0.5) is 17.6 Å². The molecule has 1 fully saturated rings. The molecular weight excluding hydrogens is 427 g/mol. The van der Waals surface area contributed by atoms with E-state index in [9.17, 15) is 17.6 Å². The standard InChI is InChI=1S/C21H22Cl2F4N2/c1-12-8-13(6-7-29(12)11-14-4-3-5-16(22)19(14)24)9-17-20(25)15(21(2,26)27)10-18(23)28-17/h3-5,10,12-13H,6-9,11H2,1-2H3/t12-,13+/m1/s1. The third-order valence-corrected chi connectivity index (χ3v) is 5.96. The van der Waals surface area contributed by atoms with Crippen molar-refractivity contribution >= 4 is 23.2 Å². The molecule has 1 saturated heterocycles. The Morgan fingerprint density at radius 2 is 1.93 bits per heavy atom. The van der Waals surface area contributed by atoms with Gasteiger partial charge in [0.1, 0.15) is 11.0 Å². The molecule has 1 aliphatic heterocycles. The van der Waals surface area contributed by atoms with Crippen LogP contribution in [0.15, 0.2) is 24.3 Å². The third kappa shape index (κ3) is 5.22. The minimum atomic E-state index is -3.33. The molecule has 3 rings (SSSR count). The van der Waals surface area contributed by atoms with Crippen molar-refractivity contribution in [2.24, 2.45) is 5.92 Å². The summed E-state index contributed by atoms with van der Waals surface area (Å²) in [5.41, 5.74) is -0.227. The summed E-state index contributed by atoms with van der Waals surface area (Å²) in [4.78, 5) is 6.09. The Morgan fingerprint density at radius 3 is 2.59 bits per heavy atom. The summed E-state index contributed by atoms with van der Waals surface area (Å²) in [7, 11) is 0. The van der Waals surface area contributed by atoms with E-state index in [0.717, 1.165) is 12.5 Å². The molecule has 0 unspecified atom stereocenters. The molecule has 0 radical (unpaired) electrons. The van der Waals surface area contributed by atoms with E-state index in [0.29, 0.717) is 32.0 Å². The van der Waals surface area contributed by atoms with Gasteiger partial charge in [-0.15, -0.1) is 0 Å². The third-order valence-electron chi connectivity index (χ3n) is 5.48. The number of aromatic nitrogens is 1. The van der Waals surface area contributed by atoms with E-state index < -0.39 is 23.1 Å². The molecule has 0 aliphatic carbocycles. The van der Waals surface area contributed by atoms with Crippen LogP contribution in [0, 0.1) is 17.6 Å². The molecule has 0 saturated carbocycles. The lowest BCUT2D eigenvalue weighted by atomic mass is 9.87. The highest BCUT2D eigenvalue weighted by Gasteiger charge is 2.33. The van der Waals surface area contributed by atoms with Crippen molar-refractivity contribution in [3.05, 3.63) is 62.9 Å². The molecule has 2 aromatic rings. The van der Waals surface area contributed by atoms with E-state index in [1.54, 1.807) is 12.1 Å². The molecule has 1 aliphatic rings. The lowest BCUT2D eigenvalue weighted by molar-refractivity contribution is 0.0133. The molecule has 8 heteroatoms. The zero-order valence-corrected chi connectivity index (χ0v) is 17.7. The first kappa shape index (κ1) is 22.3. The quantitative estimate of drug-likeness (QED) is 0.377. The number of hydrogen-bond donors (Lipinski definition) is 0. The monoisotopic (exact) mass is 448 g/mol. The Kier molecular flexibility index (Phi) is 6.76. The molecule has 158 valence electrons. The first-order valence-corrected chi connectivity index (χ1v) is 10.2. The number of rotatable bonds is 5. The molecule has 2 heterocycles. The van der Waals surface area contributed by atoms with Crippen molar-refractivity contribution in [3.63, 3.8) is 0 Å². The van der Waals surface area contributed by atoms with Gasteiger partial charge in [0.2, 0.25) is 0 Å². The van der Waals surface area contributed by atoms with Crippen molar-refractivity contribution < 1.29 is 17.6 Å². The number of halogens is 6. The summed E-state index contributed by atoms with van der Waals surface area (Å²) in [5, 5.41) is -0.0454. The molecule has 1 aromatic heterocycles. The molecule has 2 nitrogen and oxygen atoms in total. The predicted octanol–water partition coefficient (Wildman–Crippen LogP) is 6.62. The molecule has 29 heavy (non-hydrogen) atoms. The van der Waals surface area contributed by atoms with Crippen molar-refractivity contribution in [3.8, 4) is 0 Å². The summed E-state index contributed by atoms with van der Waals surface area (Å²) in [5.74, 6) is -4.66. The zero-order chi connectivity index (χ0) is 21.3. The number of alkyl halides is 2. The van der Waals surface area contributed by atoms with E-state index in [-0.39, 0.29) is 34.3 Å². The summed E-state index contributed by atoms with van der Waals surface area (Å²) in [6, 6.07) is 5.92. The van der Waals surface area contributed by atoms with Gasteiger partial charge in [0.05, 0.1) is 16.3 Å². The SMILES string of the molecule is C[C@@H]1C[C@@H](Cc2nc(Cl)cc(C(C)(F)F)c2F)CCN1Cc1cccc(Cl)c1F. The number of pyridine rings is 1. The van der Waals surface area contributed by atoms with Crippen LogP contribution in [0.3, 0.4) is 0 Å². The lowest BCUT2D eigenvalue weighted by Gasteiger charge is -2.38. The van der Waals surface area contributed by atoms with Crippen LogP contribution in [-0.2, 0) is 18.9 Å². The van der Waals surface area contributed by atoms with E-state index in [4.69, 9.17) is 23.2 Å². The van der Waals surface area contributed by atoms with Crippen molar-refractivity contribution in [1.82, 2.24) is 9.88 Å². The summed E-state index contributed by atoms with van der Waals surface area (Å²) >= 11 is 11.7. The Hall–Kier alpha value is -1.37. The van der Waals surface area contributed by atoms with Crippen LogP contribution in [0.1, 0.15) is 43.5 Å². The second-order valence-electron chi connectivity index (χ2n) is 7.77. The summed E-state index contributed by atoms with van der Waals surface area (Å²) in [6.45, 7) is 3.76. The van der Waals surface area contributed by atoms with E-state index in [1.807, 2.05) is 6.92 Å². The highest BCUT2D eigenvalue weighted by molar-refractivity contribution is 6.30. The largest absolute Gasteiger partial charge is 0.296 e. The predicted molar refractivity (Wildman–Crippen MR) is 106 cm³/mol. The summed E-state index contributed by atoms with van der Waals surface area (Å²) < 4.78 is 56.1. The average molecular weight is 449 g/mol. The maximum Gasteiger partial charge on any atom is 0.273 e. The lowest BCUT2D eigenvalue weighted by Crippen LogP contribution is -2.41. The van der Waals surface area contributed by atoms with Gasteiger partial charge in [-0.25, -0.2) is 22.5 Å². The Balaban J connectivity index is 1.69. The molecule has 0 bridgehead atoms. The average Bonchev–Trinajstić information content (AvgIpc) is 2.63. The fourth-order valence-corrected chi connectivity index (χ4v) is 4.31. The number of nitrogens with zero attached hydrogens (tertiary/aromatic N) is 2. The van der Waals surface area contributed by atoms with Crippen molar-refractivity contribution in [2.75, 3.05) is 6.54 Å². The van der Waals surface area contributed by atoms with Crippen molar-refractivity contribution in [2.45, 2.75) is 51.6 Å². The smallest absolute Gasteiger partial charge is 0.273 e. The second kappa shape index (κ2) is 8.78. The Labute approximate surface area is 177 Å². The fraction of sp³-hybridized carbons (Fsp3) is 0.476. The van der Waals surface area contributed by atoms with E-state index in [2.05, 4.69) is 9.88 Å². The molecule has 1 aromatic carbocycles. The first-order chi connectivity index (χ1) is 13.6. The zero-order valence-electron chi connectivity index (χ0n) is 16.2. The summed E-state index contributed by atoms with van der Waals surface area (Å²) in [6.07, 6.45) is 1.67. The highest BCUT2D eigenvalue weighted by atomic mass is 35.5. The Bertz CT molecular complexity index is 886. The van der Waals surface area contributed by atoms with Crippen molar-refractivity contribution in [1.29, 1.82) is 0 Å². The second-order valence-corrected chi connectivity index (χ2v) is 8.56. The van der Waals surface area contributed by atoms with Crippen LogP contribution in [-0.4, -0.2) is 22.5 Å². The van der Waals surface area contributed by atoms with Gasteiger partial charge in [0, 0.05) is 25.1 Å². The first-order valence-electron chi connectivity index (χ1n) is 9.46.